The molecular weight excluding hydrogens is 230 g/mol. The number of rotatable bonds is 1. The standard InChI is InChI=1S/C12H14.2FH.Ti/c1-9(2)12-7-10-5-3-4-6-11(10)8-12;;;/h3-7,9H,8H2,1-2H3;2*1H;/q;;;+2/p-2. The van der Waals surface area contributed by atoms with E-state index in [0.29, 0.717) is 5.92 Å². The van der Waals surface area contributed by atoms with Crippen molar-refractivity contribution in [2.24, 2.45) is 5.92 Å². The molecule has 0 bridgehead atoms. The molecule has 1 aliphatic carbocycles. The van der Waals surface area contributed by atoms with E-state index < -0.39 is 20.2 Å². The first kappa shape index (κ1) is 12.6. The van der Waals surface area contributed by atoms with Crippen molar-refractivity contribution in [1.82, 2.24) is 0 Å². The molecule has 80 valence electrons. The Kier molecular flexibility index (Phi) is 5.20. The average molecular weight is 244 g/mol. The van der Waals surface area contributed by atoms with E-state index in [2.05, 4.69) is 44.2 Å². The summed E-state index contributed by atoms with van der Waals surface area (Å²) in [6, 6.07) is 8.65. The Labute approximate surface area is 99.7 Å². The maximum atomic E-state index is 9.75. The van der Waals surface area contributed by atoms with E-state index in [0.717, 1.165) is 6.42 Å². The van der Waals surface area contributed by atoms with E-state index in [-0.39, 0.29) is 0 Å². The Balaban J connectivity index is 0.000000337. The van der Waals surface area contributed by atoms with E-state index in [1.807, 2.05) is 0 Å². The van der Waals surface area contributed by atoms with Crippen LogP contribution in [0.2, 0.25) is 0 Å². The molecule has 1 aromatic rings. The van der Waals surface area contributed by atoms with Gasteiger partial charge in [-0.3, -0.25) is 0 Å². The molecule has 2 rings (SSSR count). The van der Waals surface area contributed by atoms with Crippen LogP contribution in [0, 0.1) is 5.92 Å². The van der Waals surface area contributed by atoms with Gasteiger partial charge >= 0.3 is 26.4 Å². The number of fused-ring (bicyclic) bond motifs is 1. The molecule has 0 unspecified atom stereocenters. The molecule has 0 saturated heterocycles. The van der Waals surface area contributed by atoms with E-state index in [1.54, 1.807) is 5.57 Å². The van der Waals surface area contributed by atoms with Gasteiger partial charge in [-0.05, 0) is 23.5 Å². The molecule has 0 aliphatic heterocycles. The molecule has 0 nitrogen and oxygen atoms in total. The van der Waals surface area contributed by atoms with Gasteiger partial charge in [-0.15, -0.1) is 0 Å². The first-order valence-electron chi connectivity index (χ1n) is 4.93. The maximum absolute atomic E-state index is 9.75. The van der Waals surface area contributed by atoms with Crippen molar-refractivity contribution in [1.29, 1.82) is 0 Å². The Morgan fingerprint density at radius 2 is 1.80 bits per heavy atom. The molecule has 0 fully saturated rings. The summed E-state index contributed by atoms with van der Waals surface area (Å²) in [4.78, 5) is 0. The molecule has 0 spiro atoms. The van der Waals surface area contributed by atoms with E-state index in [9.17, 15) is 6.18 Å². The number of benzene rings is 1. The zero-order valence-electron chi connectivity index (χ0n) is 8.93. The van der Waals surface area contributed by atoms with Gasteiger partial charge in [-0.2, -0.15) is 0 Å². The van der Waals surface area contributed by atoms with Crippen molar-refractivity contribution >= 4 is 6.08 Å². The molecular formula is C12H14F2Ti. The van der Waals surface area contributed by atoms with Crippen LogP contribution in [-0.2, 0) is 26.6 Å². The average Bonchev–Trinajstić information content (AvgIpc) is 2.62. The van der Waals surface area contributed by atoms with Crippen LogP contribution in [0.15, 0.2) is 29.8 Å². The summed E-state index contributed by atoms with van der Waals surface area (Å²) in [5, 5.41) is 0. The third kappa shape index (κ3) is 3.55. The summed E-state index contributed by atoms with van der Waals surface area (Å²) >= 11 is -2.50. The monoisotopic (exact) mass is 244 g/mol. The number of allylic oxidation sites excluding steroid dienone is 1. The molecule has 3 heteroatoms. The third-order valence-corrected chi connectivity index (χ3v) is 2.53. The molecule has 0 heterocycles. The summed E-state index contributed by atoms with van der Waals surface area (Å²) in [7, 11) is 0. The van der Waals surface area contributed by atoms with Gasteiger partial charge in [0.15, 0.2) is 0 Å². The number of hydrogen-bond donors (Lipinski definition) is 0. The van der Waals surface area contributed by atoms with Crippen molar-refractivity contribution in [3.63, 3.8) is 0 Å². The molecule has 0 saturated carbocycles. The van der Waals surface area contributed by atoms with E-state index >= 15 is 0 Å². The predicted octanol–water partition coefficient (Wildman–Crippen LogP) is 4.12. The fraction of sp³-hybridized carbons (Fsp3) is 0.333. The van der Waals surface area contributed by atoms with Crippen LogP contribution >= 0.6 is 0 Å². The summed E-state index contributed by atoms with van der Waals surface area (Å²) in [5.41, 5.74) is 4.47. The van der Waals surface area contributed by atoms with E-state index in [1.165, 1.54) is 11.1 Å². The molecule has 0 atom stereocenters. The second-order valence-electron chi connectivity index (χ2n) is 3.82. The fourth-order valence-electron chi connectivity index (χ4n) is 1.68. The molecule has 1 aliphatic rings. The van der Waals surface area contributed by atoms with Crippen LogP contribution in [0.4, 0.5) is 6.18 Å². The van der Waals surface area contributed by atoms with Crippen LogP contribution in [0.5, 0.6) is 0 Å². The van der Waals surface area contributed by atoms with Crippen LogP contribution in [0.3, 0.4) is 0 Å². The van der Waals surface area contributed by atoms with Crippen LogP contribution in [0.1, 0.15) is 25.0 Å². The van der Waals surface area contributed by atoms with Gasteiger partial charge in [0, 0.05) is 0 Å². The second-order valence-corrected chi connectivity index (χ2v) is 4.04. The minimum absolute atomic E-state index is 0.692. The second kappa shape index (κ2) is 6.19. The van der Waals surface area contributed by atoms with Crippen LogP contribution in [0.25, 0.3) is 6.08 Å². The molecule has 0 amide bonds. The molecule has 1 aromatic carbocycles. The zero-order chi connectivity index (χ0) is 11.3. The first-order valence-corrected chi connectivity index (χ1v) is 6.11. The van der Waals surface area contributed by atoms with Crippen molar-refractivity contribution in [3.05, 3.63) is 41.0 Å². The van der Waals surface area contributed by atoms with Crippen molar-refractivity contribution in [2.45, 2.75) is 20.3 Å². The Morgan fingerprint density at radius 3 is 2.33 bits per heavy atom. The van der Waals surface area contributed by atoms with Gasteiger partial charge < -0.3 is 0 Å². The summed E-state index contributed by atoms with van der Waals surface area (Å²) in [6.45, 7) is 4.52. The van der Waals surface area contributed by atoms with Gasteiger partial charge in [0.05, 0.1) is 0 Å². The van der Waals surface area contributed by atoms with Gasteiger partial charge in [-0.1, -0.05) is 49.8 Å². The van der Waals surface area contributed by atoms with Crippen molar-refractivity contribution < 1.29 is 26.4 Å². The van der Waals surface area contributed by atoms with Gasteiger partial charge in [0.2, 0.25) is 0 Å². The van der Waals surface area contributed by atoms with Gasteiger partial charge in [0.1, 0.15) is 0 Å². The fourth-order valence-corrected chi connectivity index (χ4v) is 1.68. The normalized spacial score (nSPS) is 12.7. The molecule has 15 heavy (non-hydrogen) atoms. The van der Waals surface area contributed by atoms with Crippen LogP contribution < -0.4 is 0 Å². The summed E-state index contributed by atoms with van der Waals surface area (Å²) in [6.07, 6.45) is 3.49. The zero-order valence-corrected chi connectivity index (χ0v) is 10.5. The Hall–Kier alpha value is -0.466. The quantitative estimate of drug-likeness (QED) is 0.652. The Morgan fingerprint density at radius 1 is 1.20 bits per heavy atom. The number of hydrogen-bond acceptors (Lipinski definition) is 0. The van der Waals surface area contributed by atoms with Crippen molar-refractivity contribution in [3.8, 4) is 0 Å². The molecule has 0 radical (unpaired) electrons. The SMILES string of the molecule is CC(C)C1=Cc2ccccc2C1.[F][Ti][F]. The van der Waals surface area contributed by atoms with Crippen LogP contribution in [-0.4, -0.2) is 0 Å². The predicted molar refractivity (Wildman–Crippen MR) is 55.2 cm³/mol. The summed E-state index contributed by atoms with van der Waals surface area (Å²) < 4.78 is 19.5. The van der Waals surface area contributed by atoms with Crippen molar-refractivity contribution in [2.75, 3.05) is 0 Å². The van der Waals surface area contributed by atoms with E-state index in [4.69, 9.17) is 0 Å². The Bertz CT molecular complexity index is 345. The topological polar surface area (TPSA) is 0 Å². The summed E-state index contributed by atoms with van der Waals surface area (Å²) in [5.74, 6) is 0.692. The molecule has 0 N–H and O–H groups in total. The number of halogens is 2. The van der Waals surface area contributed by atoms with Gasteiger partial charge in [-0.25, -0.2) is 0 Å². The first-order chi connectivity index (χ1) is 7.19. The molecule has 0 aromatic heterocycles. The van der Waals surface area contributed by atoms with Gasteiger partial charge in [0.25, 0.3) is 0 Å². The third-order valence-electron chi connectivity index (χ3n) is 2.53. The minimum atomic E-state index is -2.50.